The van der Waals surface area contributed by atoms with Gasteiger partial charge in [0.25, 0.3) is 5.91 Å². The standard InChI is InChI=1S/C22H26F4N2O/c1-21(2)20(29)28(19-15-4-12-3-13(6-15)7-16(19)5-12)27(21)11-14-8-17(22(24,25)26)10-18(23)9-14/h8-10,12-13,15-16,19H,3-7,11H2,1-2H3. The van der Waals surface area contributed by atoms with E-state index in [-0.39, 0.29) is 24.1 Å². The first kappa shape index (κ1) is 19.3. The summed E-state index contributed by atoms with van der Waals surface area (Å²) in [6.07, 6.45) is 1.30. The Morgan fingerprint density at radius 3 is 2.14 bits per heavy atom. The summed E-state index contributed by atoms with van der Waals surface area (Å²) in [5.74, 6) is 1.62. The zero-order valence-electron chi connectivity index (χ0n) is 16.7. The monoisotopic (exact) mass is 410 g/mol. The zero-order valence-corrected chi connectivity index (χ0v) is 16.7. The molecule has 1 heterocycles. The molecule has 7 heteroatoms. The van der Waals surface area contributed by atoms with Crippen molar-refractivity contribution in [1.82, 2.24) is 10.0 Å². The molecule has 0 spiro atoms. The number of hydrogen-bond donors (Lipinski definition) is 0. The molecule has 1 saturated heterocycles. The normalized spacial score (nSPS) is 35.9. The molecule has 1 aromatic carbocycles. The number of carbonyl (C=O) groups is 1. The van der Waals surface area contributed by atoms with Gasteiger partial charge in [0.05, 0.1) is 11.6 Å². The van der Waals surface area contributed by atoms with Crippen molar-refractivity contribution in [3.8, 4) is 0 Å². The van der Waals surface area contributed by atoms with Gasteiger partial charge in [-0.3, -0.25) is 9.80 Å². The number of amides is 1. The molecule has 5 aliphatic rings. The predicted molar refractivity (Wildman–Crippen MR) is 98.7 cm³/mol. The zero-order chi connectivity index (χ0) is 20.7. The summed E-state index contributed by atoms with van der Waals surface area (Å²) in [6.45, 7) is 3.69. The molecule has 0 atom stereocenters. The quantitative estimate of drug-likeness (QED) is 0.655. The lowest BCUT2D eigenvalue weighted by Crippen LogP contribution is -2.79. The van der Waals surface area contributed by atoms with Gasteiger partial charge in [0, 0.05) is 6.54 Å². The van der Waals surface area contributed by atoms with Crippen LogP contribution < -0.4 is 0 Å². The van der Waals surface area contributed by atoms with Crippen molar-refractivity contribution in [2.45, 2.75) is 70.3 Å². The van der Waals surface area contributed by atoms with Crippen LogP contribution in [0.4, 0.5) is 17.6 Å². The highest BCUT2D eigenvalue weighted by Gasteiger charge is 2.60. The summed E-state index contributed by atoms with van der Waals surface area (Å²) in [5, 5.41) is 3.70. The molecule has 0 N–H and O–H groups in total. The van der Waals surface area contributed by atoms with E-state index in [1.54, 1.807) is 13.8 Å². The number of benzene rings is 1. The van der Waals surface area contributed by atoms with E-state index in [1.807, 2.05) is 10.0 Å². The number of carbonyl (C=O) groups excluding carboxylic acids is 1. The first-order valence-corrected chi connectivity index (χ1v) is 10.5. The first-order chi connectivity index (χ1) is 13.5. The van der Waals surface area contributed by atoms with Gasteiger partial charge < -0.3 is 0 Å². The highest BCUT2D eigenvalue weighted by molar-refractivity contribution is 5.90. The number of hydrogen-bond acceptors (Lipinski definition) is 2. The summed E-state index contributed by atoms with van der Waals surface area (Å²) in [7, 11) is 0. The maximum Gasteiger partial charge on any atom is 0.416 e. The molecular formula is C22H26F4N2O. The molecule has 1 aliphatic heterocycles. The third-order valence-corrected chi connectivity index (χ3v) is 7.71. The van der Waals surface area contributed by atoms with Crippen LogP contribution in [0, 0.1) is 29.5 Å². The summed E-state index contributed by atoms with van der Waals surface area (Å²) >= 11 is 0. The summed E-state index contributed by atoms with van der Waals surface area (Å²) < 4.78 is 53.2. The Bertz CT molecular complexity index is 822. The van der Waals surface area contributed by atoms with Crippen LogP contribution in [-0.4, -0.2) is 27.5 Å². The molecule has 0 aromatic heterocycles. The highest BCUT2D eigenvalue weighted by Crippen LogP contribution is 2.57. The second-order valence-corrected chi connectivity index (χ2v) is 10.0. The van der Waals surface area contributed by atoms with Gasteiger partial charge in [-0.2, -0.15) is 18.2 Å². The van der Waals surface area contributed by atoms with Gasteiger partial charge in [-0.05, 0) is 93.4 Å². The van der Waals surface area contributed by atoms with E-state index in [1.165, 1.54) is 6.42 Å². The first-order valence-electron chi connectivity index (χ1n) is 10.5. The Hall–Kier alpha value is -1.63. The van der Waals surface area contributed by atoms with Crippen molar-refractivity contribution in [3.05, 3.63) is 35.1 Å². The average Bonchev–Trinajstić information content (AvgIpc) is 2.61. The largest absolute Gasteiger partial charge is 0.416 e. The van der Waals surface area contributed by atoms with Crippen LogP contribution in [0.5, 0.6) is 0 Å². The van der Waals surface area contributed by atoms with Crippen molar-refractivity contribution in [2.24, 2.45) is 23.7 Å². The van der Waals surface area contributed by atoms with Crippen molar-refractivity contribution in [1.29, 1.82) is 0 Å². The van der Waals surface area contributed by atoms with Gasteiger partial charge >= 0.3 is 6.18 Å². The lowest BCUT2D eigenvalue weighted by atomic mass is 9.53. The van der Waals surface area contributed by atoms with Gasteiger partial charge in [-0.25, -0.2) is 4.39 Å². The average molecular weight is 410 g/mol. The molecule has 0 unspecified atom stereocenters. The lowest BCUT2D eigenvalue weighted by molar-refractivity contribution is -0.251. The van der Waals surface area contributed by atoms with Crippen molar-refractivity contribution >= 4 is 5.91 Å². The maximum atomic E-state index is 13.9. The van der Waals surface area contributed by atoms with Gasteiger partial charge in [0.15, 0.2) is 0 Å². The summed E-state index contributed by atoms with van der Waals surface area (Å²) in [5.41, 5.74) is -1.54. The number of nitrogens with zero attached hydrogens (tertiary/aromatic N) is 2. The molecule has 1 amide bonds. The minimum Gasteiger partial charge on any atom is -0.271 e. The van der Waals surface area contributed by atoms with Gasteiger partial charge in [0.1, 0.15) is 11.4 Å². The van der Waals surface area contributed by atoms with Crippen LogP contribution in [-0.2, 0) is 17.5 Å². The van der Waals surface area contributed by atoms with Crippen LogP contribution in [0.1, 0.15) is 57.1 Å². The summed E-state index contributed by atoms with van der Waals surface area (Å²) in [6, 6.07) is 2.80. The van der Waals surface area contributed by atoms with Crippen LogP contribution >= 0.6 is 0 Å². The van der Waals surface area contributed by atoms with E-state index in [2.05, 4.69) is 0 Å². The molecule has 29 heavy (non-hydrogen) atoms. The van der Waals surface area contributed by atoms with Crippen LogP contribution in [0.3, 0.4) is 0 Å². The van der Waals surface area contributed by atoms with Crippen molar-refractivity contribution < 1.29 is 22.4 Å². The Morgan fingerprint density at radius 2 is 1.59 bits per heavy atom. The molecule has 4 bridgehead atoms. The van der Waals surface area contributed by atoms with Crippen LogP contribution in [0.2, 0.25) is 0 Å². The van der Waals surface area contributed by atoms with Crippen molar-refractivity contribution in [3.63, 3.8) is 0 Å². The smallest absolute Gasteiger partial charge is 0.271 e. The second kappa shape index (κ2) is 6.19. The fraction of sp³-hybridized carbons (Fsp3) is 0.682. The van der Waals surface area contributed by atoms with Gasteiger partial charge in [0.2, 0.25) is 0 Å². The number of alkyl halides is 3. The van der Waals surface area contributed by atoms with Crippen molar-refractivity contribution in [2.75, 3.05) is 0 Å². The third-order valence-electron chi connectivity index (χ3n) is 7.71. The van der Waals surface area contributed by atoms with Gasteiger partial charge in [-0.1, -0.05) is 0 Å². The van der Waals surface area contributed by atoms with E-state index in [0.717, 1.165) is 49.7 Å². The molecule has 3 nitrogen and oxygen atoms in total. The van der Waals surface area contributed by atoms with Gasteiger partial charge in [-0.15, -0.1) is 0 Å². The minimum absolute atomic E-state index is 0.0300. The Labute approximate surface area is 168 Å². The predicted octanol–water partition coefficient (Wildman–Crippen LogP) is 5.01. The fourth-order valence-corrected chi connectivity index (χ4v) is 6.67. The Morgan fingerprint density at radius 1 is 1.00 bits per heavy atom. The summed E-state index contributed by atoms with van der Waals surface area (Å²) in [4.78, 5) is 13.0. The number of rotatable bonds is 3. The van der Waals surface area contributed by atoms with E-state index in [4.69, 9.17) is 0 Å². The van der Waals surface area contributed by atoms with Crippen LogP contribution in [0.15, 0.2) is 18.2 Å². The van der Waals surface area contributed by atoms with E-state index >= 15 is 0 Å². The SMILES string of the molecule is CC1(C)C(=O)N(C2C3CC4CC(C3)CC2C4)N1Cc1cc(F)cc(C(F)(F)F)c1. The van der Waals surface area contributed by atoms with E-state index < -0.39 is 23.1 Å². The van der Waals surface area contributed by atoms with E-state index in [9.17, 15) is 22.4 Å². The molecule has 0 radical (unpaired) electrons. The molecule has 4 aliphatic carbocycles. The Balaban J connectivity index is 1.43. The Kier molecular flexibility index (Phi) is 4.13. The molecular weight excluding hydrogens is 384 g/mol. The second-order valence-electron chi connectivity index (χ2n) is 10.0. The molecule has 4 saturated carbocycles. The topological polar surface area (TPSA) is 23.6 Å². The third kappa shape index (κ3) is 2.99. The maximum absolute atomic E-state index is 13.9. The highest BCUT2D eigenvalue weighted by atomic mass is 19.4. The molecule has 158 valence electrons. The number of hydrazine groups is 1. The minimum atomic E-state index is -4.60. The lowest BCUT2D eigenvalue weighted by Gasteiger charge is -2.65. The molecule has 6 rings (SSSR count). The molecule has 1 aromatic rings. The van der Waals surface area contributed by atoms with E-state index in [0.29, 0.717) is 17.9 Å². The van der Waals surface area contributed by atoms with Crippen LogP contribution in [0.25, 0.3) is 0 Å². The molecule has 5 fully saturated rings. The fourth-order valence-electron chi connectivity index (χ4n) is 6.67. The number of halogens is 4.